The number of methoxy groups -OCH3 is 1. The Morgan fingerprint density at radius 3 is 2.86 bits per heavy atom. The fourth-order valence-electron chi connectivity index (χ4n) is 1.92. The Morgan fingerprint density at radius 1 is 1.36 bits per heavy atom. The number of hydrogen-bond acceptors (Lipinski definition) is 3. The van der Waals surface area contributed by atoms with Crippen molar-refractivity contribution >= 4 is 17.5 Å². The van der Waals surface area contributed by atoms with Gasteiger partial charge in [-0.25, -0.2) is 4.39 Å². The molecule has 116 valence electrons. The van der Waals surface area contributed by atoms with Crippen molar-refractivity contribution in [3.63, 3.8) is 0 Å². The molecule has 0 fully saturated rings. The van der Waals surface area contributed by atoms with Crippen molar-refractivity contribution in [3.05, 3.63) is 64.4 Å². The molecule has 2 aromatic rings. The third-order valence-corrected chi connectivity index (χ3v) is 3.34. The molecule has 0 radical (unpaired) electrons. The van der Waals surface area contributed by atoms with Crippen molar-refractivity contribution in [2.24, 2.45) is 0 Å². The van der Waals surface area contributed by atoms with Gasteiger partial charge < -0.3 is 15.2 Å². The molecule has 1 atom stereocenters. The molecule has 1 unspecified atom stereocenters. The first-order valence-electron chi connectivity index (χ1n) is 6.56. The molecule has 22 heavy (non-hydrogen) atoms. The zero-order chi connectivity index (χ0) is 16.1. The van der Waals surface area contributed by atoms with Gasteiger partial charge in [-0.1, -0.05) is 23.7 Å². The number of nitrogens with one attached hydrogen (secondary N) is 1. The Kier molecular flexibility index (Phi) is 5.35. The Labute approximate surface area is 132 Å². The minimum Gasteiger partial charge on any atom is -0.497 e. The topological polar surface area (TPSA) is 58.6 Å². The van der Waals surface area contributed by atoms with Crippen LogP contribution in [0, 0.1) is 5.82 Å². The van der Waals surface area contributed by atoms with Crippen LogP contribution < -0.4 is 10.1 Å². The molecule has 2 N–H and O–H groups in total. The second kappa shape index (κ2) is 7.24. The number of carbonyl (C=O) groups excluding carboxylic acids is 1. The van der Waals surface area contributed by atoms with Gasteiger partial charge in [0.15, 0.2) is 0 Å². The molecule has 2 rings (SSSR count). The van der Waals surface area contributed by atoms with Crippen molar-refractivity contribution in [3.8, 4) is 5.75 Å². The van der Waals surface area contributed by atoms with Crippen molar-refractivity contribution in [2.75, 3.05) is 13.7 Å². The summed E-state index contributed by atoms with van der Waals surface area (Å²) in [5.74, 6) is -0.705. The number of ether oxygens (including phenoxy) is 1. The van der Waals surface area contributed by atoms with Gasteiger partial charge in [0.25, 0.3) is 5.91 Å². The summed E-state index contributed by atoms with van der Waals surface area (Å²) in [6.07, 6.45) is -0.929. The van der Waals surface area contributed by atoms with Gasteiger partial charge in [0, 0.05) is 11.6 Å². The Balaban J connectivity index is 2.02. The van der Waals surface area contributed by atoms with Crippen molar-refractivity contribution in [2.45, 2.75) is 6.10 Å². The second-order valence-electron chi connectivity index (χ2n) is 4.63. The van der Waals surface area contributed by atoms with Gasteiger partial charge in [0.1, 0.15) is 11.6 Å². The summed E-state index contributed by atoms with van der Waals surface area (Å²) >= 11 is 5.74. The zero-order valence-corrected chi connectivity index (χ0v) is 12.6. The van der Waals surface area contributed by atoms with Crippen molar-refractivity contribution in [1.29, 1.82) is 0 Å². The third-order valence-electron chi connectivity index (χ3n) is 3.11. The zero-order valence-electron chi connectivity index (χ0n) is 11.8. The first-order chi connectivity index (χ1) is 10.5. The van der Waals surface area contributed by atoms with Crippen LogP contribution in [0.15, 0.2) is 42.5 Å². The van der Waals surface area contributed by atoms with Crippen molar-refractivity contribution in [1.82, 2.24) is 5.32 Å². The minimum absolute atomic E-state index is 0.0576. The van der Waals surface area contributed by atoms with E-state index in [4.69, 9.17) is 16.3 Å². The van der Waals surface area contributed by atoms with Gasteiger partial charge in [-0.05, 0) is 35.9 Å². The van der Waals surface area contributed by atoms with E-state index in [-0.39, 0.29) is 17.1 Å². The highest BCUT2D eigenvalue weighted by molar-refractivity contribution is 6.31. The molecule has 1 amide bonds. The molecule has 6 heteroatoms. The van der Waals surface area contributed by atoms with Crippen LogP contribution in [0.2, 0.25) is 5.02 Å². The van der Waals surface area contributed by atoms with Crippen LogP contribution in [-0.4, -0.2) is 24.7 Å². The summed E-state index contributed by atoms with van der Waals surface area (Å²) in [6, 6.07) is 10.6. The highest BCUT2D eigenvalue weighted by atomic mass is 35.5. The van der Waals surface area contributed by atoms with Crippen LogP contribution in [0.25, 0.3) is 0 Å². The van der Waals surface area contributed by atoms with Gasteiger partial charge in [-0.2, -0.15) is 0 Å². The molecule has 0 heterocycles. The molecule has 0 aliphatic carbocycles. The van der Waals surface area contributed by atoms with E-state index in [1.54, 1.807) is 24.3 Å². The monoisotopic (exact) mass is 323 g/mol. The number of hydrogen-bond donors (Lipinski definition) is 2. The normalized spacial score (nSPS) is 11.8. The average molecular weight is 324 g/mol. The van der Waals surface area contributed by atoms with Crippen LogP contribution in [0.4, 0.5) is 4.39 Å². The van der Waals surface area contributed by atoms with E-state index in [0.29, 0.717) is 11.3 Å². The Morgan fingerprint density at radius 2 is 2.14 bits per heavy atom. The van der Waals surface area contributed by atoms with Gasteiger partial charge in [0.05, 0.1) is 18.8 Å². The molecule has 0 saturated heterocycles. The second-order valence-corrected chi connectivity index (χ2v) is 5.06. The summed E-state index contributed by atoms with van der Waals surface area (Å²) < 4.78 is 18.6. The summed E-state index contributed by atoms with van der Waals surface area (Å²) in [5.41, 5.74) is 0.427. The van der Waals surface area contributed by atoms with Crippen LogP contribution in [0.5, 0.6) is 5.75 Å². The van der Waals surface area contributed by atoms with Gasteiger partial charge in [0.2, 0.25) is 0 Å². The molecule has 0 saturated carbocycles. The molecular weight excluding hydrogens is 309 g/mol. The first kappa shape index (κ1) is 16.3. The number of rotatable bonds is 5. The lowest BCUT2D eigenvalue weighted by molar-refractivity contribution is 0.0912. The highest BCUT2D eigenvalue weighted by Gasteiger charge is 2.15. The minimum atomic E-state index is -0.929. The number of halogens is 2. The van der Waals surface area contributed by atoms with E-state index < -0.39 is 17.8 Å². The number of amides is 1. The van der Waals surface area contributed by atoms with E-state index in [1.807, 2.05) is 0 Å². The summed E-state index contributed by atoms with van der Waals surface area (Å²) in [6.45, 7) is -0.0576. The quantitative estimate of drug-likeness (QED) is 0.889. The number of aliphatic hydroxyl groups excluding tert-OH is 1. The summed E-state index contributed by atoms with van der Waals surface area (Å²) in [5, 5.41) is 12.8. The fourth-order valence-corrected chi connectivity index (χ4v) is 2.09. The predicted molar refractivity (Wildman–Crippen MR) is 81.7 cm³/mol. The molecule has 0 aromatic heterocycles. The van der Waals surface area contributed by atoms with Crippen molar-refractivity contribution < 1.29 is 19.0 Å². The third kappa shape index (κ3) is 3.96. The maximum absolute atomic E-state index is 13.6. The van der Waals surface area contributed by atoms with E-state index in [1.165, 1.54) is 19.2 Å². The highest BCUT2D eigenvalue weighted by Crippen LogP contribution is 2.19. The summed E-state index contributed by atoms with van der Waals surface area (Å²) in [4.78, 5) is 11.9. The van der Waals surface area contributed by atoms with Gasteiger partial charge in [-0.15, -0.1) is 0 Å². The fraction of sp³-hybridized carbons (Fsp3) is 0.188. The molecular formula is C16H15ClFNO3. The molecule has 0 aliphatic heterocycles. The Bertz CT molecular complexity index is 678. The standard InChI is InChI=1S/C16H15ClFNO3/c1-22-12-4-2-3-10(7-12)15(20)9-19-16(21)13-8-11(17)5-6-14(13)18/h2-8,15,20H,9H2,1H3,(H,19,21). The SMILES string of the molecule is COc1cccc(C(O)CNC(=O)c2cc(Cl)ccc2F)c1. The molecule has 2 aromatic carbocycles. The number of benzene rings is 2. The van der Waals surface area contributed by atoms with E-state index in [9.17, 15) is 14.3 Å². The van der Waals surface area contributed by atoms with E-state index in [0.717, 1.165) is 6.07 Å². The lowest BCUT2D eigenvalue weighted by Gasteiger charge is -2.13. The van der Waals surface area contributed by atoms with Gasteiger partial charge in [-0.3, -0.25) is 4.79 Å². The van der Waals surface area contributed by atoms with E-state index in [2.05, 4.69) is 5.32 Å². The van der Waals surface area contributed by atoms with Crippen LogP contribution >= 0.6 is 11.6 Å². The molecule has 0 aliphatic rings. The van der Waals surface area contributed by atoms with Crippen LogP contribution in [-0.2, 0) is 0 Å². The largest absolute Gasteiger partial charge is 0.497 e. The molecule has 0 spiro atoms. The Hall–Kier alpha value is -2.11. The van der Waals surface area contributed by atoms with Crippen LogP contribution in [0.1, 0.15) is 22.0 Å². The lowest BCUT2D eigenvalue weighted by Crippen LogP contribution is -2.29. The maximum Gasteiger partial charge on any atom is 0.254 e. The van der Waals surface area contributed by atoms with E-state index >= 15 is 0 Å². The van der Waals surface area contributed by atoms with Crippen LogP contribution in [0.3, 0.4) is 0 Å². The lowest BCUT2D eigenvalue weighted by atomic mass is 10.1. The predicted octanol–water partition coefficient (Wildman–Crippen LogP) is 2.95. The molecule has 0 bridgehead atoms. The maximum atomic E-state index is 13.6. The smallest absolute Gasteiger partial charge is 0.254 e. The first-order valence-corrected chi connectivity index (χ1v) is 6.94. The molecule has 4 nitrogen and oxygen atoms in total. The number of carbonyl (C=O) groups is 1. The van der Waals surface area contributed by atoms with Gasteiger partial charge >= 0.3 is 0 Å². The number of aliphatic hydroxyl groups is 1. The average Bonchev–Trinajstić information content (AvgIpc) is 2.54. The summed E-state index contributed by atoms with van der Waals surface area (Å²) in [7, 11) is 1.52.